The topological polar surface area (TPSA) is 68.2 Å². The first-order valence-electron chi connectivity index (χ1n) is 6.11. The molecule has 0 atom stereocenters. The molecule has 0 saturated carbocycles. The van der Waals surface area contributed by atoms with Gasteiger partial charge in [-0.2, -0.15) is 9.61 Å². The van der Waals surface area contributed by atoms with Gasteiger partial charge in [0.15, 0.2) is 5.65 Å². The van der Waals surface area contributed by atoms with Crippen molar-refractivity contribution >= 4 is 11.5 Å². The molecule has 3 N–H and O–H groups in total. The van der Waals surface area contributed by atoms with Gasteiger partial charge in [0.25, 0.3) is 0 Å². The highest BCUT2D eigenvalue weighted by Crippen LogP contribution is 2.14. The van der Waals surface area contributed by atoms with Crippen molar-refractivity contribution in [2.24, 2.45) is 5.73 Å². The number of hydrogen-bond acceptors (Lipinski definition) is 4. The summed E-state index contributed by atoms with van der Waals surface area (Å²) in [6.45, 7) is 5.54. The zero-order chi connectivity index (χ0) is 12.3. The summed E-state index contributed by atoms with van der Waals surface area (Å²) in [7, 11) is 0. The highest BCUT2D eigenvalue weighted by Gasteiger charge is 2.07. The van der Waals surface area contributed by atoms with E-state index in [9.17, 15) is 0 Å². The first kappa shape index (κ1) is 11.9. The van der Waals surface area contributed by atoms with Crippen molar-refractivity contribution in [3.63, 3.8) is 0 Å². The predicted molar refractivity (Wildman–Crippen MR) is 69.3 cm³/mol. The van der Waals surface area contributed by atoms with Crippen LogP contribution in [0, 0.1) is 0 Å². The first-order chi connectivity index (χ1) is 8.28. The Hall–Kier alpha value is -1.62. The van der Waals surface area contributed by atoms with Gasteiger partial charge < -0.3 is 11.1 Å². The van der Waals surface area contributed by atoms with Crippen molar-refractivity contribution in [1.82, 2.24) is 14.6 Å². The standard InChI is InChI=1S/C12H19N5/c1-3-9-7-11(14-6-5-13)17-12(15-9)8-10(4-2)16-17/h7-8,14H,3-6,13H2,1-2H3. The van der Waals surface area contributed by atoms with Crippen LogP contribution in [-0.2, 0) is 12.8 Å². The normalized spacial score (nSPS) is 11.0. The van der Waals surface area contributed by atoms with Gasteiger partial charge in [0.2, 0.25) is 0 Å². The molecule has 2 aromatic rings. The molecule has 5 heteroatoms. The van der Waals surface area contributed by atoms with Gasteiger partial charge in [0.1, 0.15) is 5.82 Å². The number of aryl methyl sites for hydroxylation is 2. The molecule has 0 aliphatic carbocycles. The minimum absolute atomic E-state index is 0.604. The molecule has 17 heavy (non-hydrogen) atoms. The van der Waals surface area contributed by atoms with Crippen LogP contribution in [0.2, 0.25) is 0 Å². The third kappa shape index (κ3) is 2.39. The third-order valence-electron chi connectivity index (χ3n) is 2.71. The molecule has 0 saturated heterocycles. The fourth-order valence-electron chi connectivity index (χ4n) is 1.75. The van der Waals surface area contributed by atoms with E-state index in [0.29, 0.717) is 6.54 Å². The Balaban J connectivity index is 2.48. The molecular formula is C12H19N5. The minimum Gasteiger partial charge on any atom is -0.369 e. The van der Waals surface area contributed by atoms with Crippen LogP contribution in [0.1, 0.15) is 25.2 Å². The smallest absolute Gasteiger partial charge is 0.157 e. The van der Waals surface area contributed by atoms with Gasteiger partial charge >= 0.3 is 0 Å². The number of rotatable bonds is 5. The van der Waals surface area contributed by atoms with Crippen LogP contribution in [0.15, 0.2) is 12.1 Å². The molecule has 2 rings (SSSR count). The van der Waals surface area contributed by atoms with E-state index < -0.39 is 0 Å². The molecule has 0 amide bonds. The molecule has 0 unspecified atom stereocenters. The highest BCUT2D eigenvalue weighted by molar-refractivity contribution is 5.50. The summed E-state index contributed by atoms with van der Waals surface area (Å²) in [6.07, 6.45) is 1.83. The molecule has 2 aromatic heterocycles. The molecule has 0 aliphatic heterocycles. The number of anilines is 1. The van der Waals surface area contributed by atoms with Gasteiger partial charge in [0.05, 0.1) is 5.69 Å². The Morgan fingerprint density at radius 2 is 2.00 bits per heavy atom. The summed E-state index contributed by atoms with van der Waals surface area (Å²) in [4.78, 5) is 4.56. The molecule has 5 nitrogen and oxygen atoms in total. The molecule has 0 radical (unpaired) electrons. The lowest BCUT2D eigenvalue weighted by Crippen LogP contribution is -2.16. The van der Waals surface area contributed by atoms with Crippen molar-refractivity contribution < 1.29 is 0 Å². The van der Waals surface area contributed by atoms with Crippen molar-refractivity contribution in [3.8, 4) is 0 Å². The second-order valence-electron chi connectivity index (χ2n) is 3.96. The van der Waals surface area contributed by atoms with Gasteiger partial charge in [-0.15, -0.1) is 0 Å². The number of hydrogen-bond donors (Lipinski definition) is 2. The Morgan fingerprint density at radius 3 is 2.65 bits per heavy atom. The van der Waals surface area contributed by atoms with Crippen molar-refractivity contribution in [2.45, 2.75) is 26.7 Å². The molecule has 0 aromatic carbocycles. The van der Waals surface area contributed by atoms with Crippen LogP contribution in [0.25, 0.3) is 5.65 Å². The number of fused-ring (bicyclic) bond motifs is 1. The van der Waals surface area contributed by atoms with Crippen molar-refractivity contribution in [3.05, 3.63) is 23.5 Å². The van der Waals surface area contributed by atoms with Gasteiger partial charge in [-0.05, 0) is 12.8 Å². The quantitative estimate of drug-likeness (QED) is 0.815. The second kappa shape index (κ2) is 5.14. The Kier molecular flexibility index (Phi) is 3.58. The van der Waals surface area contributed by atoms with Crippen LogP contribution >= 0.6 is 0 Å². The number of aromatic nitrogens is 3. The zero-order valence-electron chi connectivity index (χ0n) is 10.4. The van der Waals surface area contributed by atoms with Crippen molar-refractivity contribution in [1.29, 1.82) is 0 Å². The molecule has 0 spiro atoms. The summed E-state index contributed by atoms with van der Waals surface area (Å²) in [6, 6.07) is 4.07. The SMILES string of the molecule is CCc1cc(NCCN)n2nc(CC)cc2n1. The van der Waals surface area contributed by atoms with Gasteiger partial charge in [-0.1, -0.05) is 13.8 Å². The average molecular weight is 233 g/mol. The first-order valence-corrected chi connectivity index (χ1v) is 6.11. The maximum absolute atomic E-state index is 5.51. The van der Waals surface area contributed by atoms with Crippen LogP contribution in [0.4, 0.5) is 5.82 Å². The van der Waals surface area contributed by atoms with Crippen LogP contribution < -0.4 is 11.1 Å². The summed E-state index contributed by atoms with van der Waals surface area (Å²) in [5, 5.41) is 7.80. The van der Waals surface area contributed by atoms with E-state index in [1.807, 2.05) is 16.6 Å². The van der Waals surface area contributed by atoms with Crippen LogP contribution in [0.5, 0.6) is 0 Å². The van der Waals surface area contributed by atoms with E-state index >= 15 is 0 Å². The molecule has 2 heterocycles. The lowest BCUT2D eigenvalue weighted by molar-refractivity contribution is 0.866. The fourth-order valence-corrected chi connectivity index (χ4v) is 1.75. The molecule has 0 fully saturated rings. The number of nitrogens with one attached hydrogen (secondary N) is 1. The summed E-state index contributed by atoms with van der Waals surface area (Å²) >= 11 is 0. The summed E-state index contributed by atoms with van der Waals surface area (Å²) in [5.74, 6) is 0.969. The molecular weight excluding hydrogens is 214 g/mol. The lowest BCUT2D eigenvalue weighted by Gasteiger charge is -2.08. The summed E-state index contributed by atoms with van der Waals surface area (Å²) in [5.41, 5.74) is 8.54. The van der Waals surface area contributed by atoms with E-state index in [2.05, 4.69) is 29.2 Å². The summed E-state index contributed by atoms with van der Waals surface area (Å²) < 4.78 is 1.85. The molecule has 0 aliphatic rings. The Labute approximate surface area is 101 Å². The van der Waals surface area contributed by atoms with E-state index in [1.54, 1.807) is 0 Å². The zero-order valence-corrected chi connectivity index (χ0v) is 10.4. The monoisotopic (exact) mass is 233 g/mol. The highest BCUT2D eigenvalue weighted by atomic mass is 15.3. The van der Waals surface area contributed by atoms with E-state index in [4.69, 9.17) is 5.73 Å². The second-order valence-corrected chi connectivity index (χ2v) is 3.96. The van der Waals surface area contributed by atoms with E-state index in [-0.39, 0.29) is 0 Å². The molecule has 0 bridgehead atoms. The van der Waals surface area contributed by atoms with E-state index in [1.165, 1.54) is 0 Å². The van der Waals surface area contributed by atoms with Crippen LogP contribution in [-0.4, -0.2) is 27.7 Å². The van der Waals surface area contributed by atoms with E-state index in [0.717, 1.165) is 42.2 Å². The Morgan fingerprint density at radius 1 is 1.24 bits per heavy atom. The third-order valence-corrected chi connectivity index (χ3v) is 2.71. The van der Waals surface area contributed by atoms with Gasteiger partial charge in [0, 0.05) is 30.9 Å². The molecule has 92 valence electrons. The number of nitrogens with zero attached hydrogens (tertiary/aromatic N) is 3. The average Bonchev–Trinajstić information content (AvgIpc) is 2.78. The van der Waals surface area contributed by atoms with Crippen molar-refractivity contribution in [2.75, 3.05) is 18.4 Å². The Bertz CT molecular complexity index is 503. The predicted octanol–water partition coefficient (Wildman–Crippen LogP) is 1.22. The van der Waals surface area contributed by atoms with Crippen LogP contribution in [0.3, 0.4) is 0 Å². The minimum atomic E-state index is 0.604. The van der Waals surface area contributed by atoms with Gasteiger partial charge in [-0.3, -0.25) is 0 Å². The number of nitrogens with two attached hydrogens (primary N) is 1. The largest absolute Gasteiger partial charge is 0.369 e. The maximum Gasteiger partial charge on any atom is 0.157 e. The fraction of sp³-hybridized carbons (Fsp3) is 0.500. The van der Waals surface area contributed by atoms with Gasteiger partial charge in [-0.25, -0.2) is 4.98 Å². The lowest BCUT2D eigenvalue weighted by atomic mass is 10.3. The maximum atomic E-state index is 5.51.